The van der Waals surface area contributed by atoms with Gasteiger partial charge in [0.2, 0.25) is 5.91 Å². The maximum atomic E-state index is 11.5. The molecular formula is C14H19ClN2O. The Hall–Kier alpha value is -1.32. The molecule has 0 fully saturated rings. The largest absolute Gasteiger partial charge is 0.353 e. The molecule has 1 amide bonds. The molecule has 0 saturated carbocycles. The van der Waals surface area contributed by atoms with Gasteiger partial charge in [-0.15, -0.1) is 0 Å². The number of hydrogen-bond donors (Lipinski definition) is 1. The molecule has 0 aromatic heterocycles. The molecule has 0 aliphatic heterocycles. The second-order valence-electron chi connectivity index (χ2n) is 4.33. The zero-order valence-corrected chi connectivity index (χ0v) is 11.6. The monoisotopic (exact) mass is 266 g/mol. The zero-order chi connectivity index (χ0) is 13.4. The molecule has 0 atom stereocenters. The van der Waals surface area contributed by atoms with Crippen molar-refractivity contribution in [1.82, 2.24) is 10.2 Å². The predicted molar refractivity (Wildman–Crippen MR) is 76.7 cm³/mol. The Balaban J connectivity index is 2.29. The lowest BCUT2D eigenvalue weighted by Gasteiger charge is -2.08. The highest BCUT2D eigenvalue weighted by Gasteiger charge is 1.95. The number of halogens is 1. The van der Waals surface area contributed by atoms with E-state index in [2.05, 4.69) is 10.2 Å². The van der Waals surface area contributed by atoms with Gasteiger partial charge in [-0.3, -0.25) is 4.79 Å². The number of benzene rings is 1. The number of rotatable bonds is 6. The van der Waals surface area contributed by atoms with Crippen LogP contribution < -0.4 is 5.32 Å². The van der Waals surface area contributed by atoms with Crippen LogP contribution in [0.2, 0.25) is 5.02 Å². The standard InChI is InChI=1S/C14H19ClN2O/c1-17(2)11-3-10-16-14(18)9-6-12-4-7-13(15)8-5-12/h4-9H,3,10-11H2,1-2H3,(H,16,18). The van der Waals surface area contributed by atoms with Crippen LogP contribution in [-0.2, 0) is 4.79 Å². The van der Waals surface area contributed by atoms with E-state index in [1.165, 1.54) is 0 Å². The Bertz CT molecular complexity index is 399. The number of hydrogen-bond acceptors (Lipinski definition) is 2. The Labute approximate surface area is 113 Å². The maximum Gasteiger partial charge on any atom is 0.243 e. The van der Waals surface area contributed by atoms with Crippen molar-refractivity contribution < 1.29 is 4.79 Å². The SMILES string of the molecule is CN(C)CCCNC(=O)C=Cc1ccc(Cl)cc1. The van der Waals surface area contributed by atoms with Crippen molar-refractivity contribution >= 4 is 23.6 Å². The van der Waals surface area contributed by atoms with E-state index in [0.717, 1.165) is 18.5 Å². The fourth-order valence-corrected chi connectivity index (χ4v) is 1.54. The van der Waals surface area contributed by atoms with Gasteiger partial charge in [-0.25, -0.2) is 0 Å². The van der Waals surface area contributed by atoms with Crippen LogP contribution in [0.1, 0.15) is 12.0 Å². The smallest absolute Gasteiger partial charge is 0.243 e. The summed E-state index contributed by atoms with van der Waals surface area (Å²) in [6.45, 7) is 1.67. The minimum atomic E-state index is -0.0660. The predicted octanol–water partition coefficient (Wildman–Crippen LogP) is 2.42. The summed E-state index contributed by atoms with van der Waals surface area (Å²) in [6, 6.07) is 7.35. The second-order valence-corrected chi connectivity index (χ2v) is 4.77. The van der Waals surface area contributed by atoms with Gasteiger partial charge in [0.25, 0.3) is 0 Å². The third-order valence-corrected chi connectivity index (χ3v) is 2.63. The van der Waals surface area contributed by atoms with Crippen LogP contribution in [0.5, 0.6) is 0 Å². The molecule has 0 unspecified atom stereocenters. The van der Waals surface area contributed by atoms with E-state index in [4.69, 9.17) is 11.6 Å². The van der Waals surface area contributed by atoms with Gasteiger partial charge in [0.15, 0.2) is 0 Å². The van der Waals surface area contributed by atoms with Crippen LogP contribution in [0, 0.1) is 0 Å². The molecule has 1 aromatic rings. The van der Waals surface area contributed by atoms with Crippen LogP contribution in [0.15, 0.2) is 30.3 Å². The normalized spacial score (nSPS) is 11.1. The highest BCUT2D eigenvalue weighted by atomic mass is 35.5. The first-order chi connectivity index (χ1) is 8.58. The van der Waals surface area contributed by atoms with Crippen molar-refractivity contribution in [3.8, 4) is 0 Å². The number of carbonyl (C=O) groups is 1. The number of amides is 1. The van der Waals surface area contributed by atoms with E-state index in [9.17, 15) is 4.79 Å². The average Bonchev–Trinajstić information content (AvgIpc) is 2.34. The molecule has 4 heteroatoms. The average molecular weight is 267 g/mol. The van der Waals surface area contributed by atoms with E-state index >= 15 is 0 Å². The molecule has 0 heterocycles. The van der Waals surface area contributed by atoms with Gasteiger partial charge in [0.1, 0.15) is 0 Å². The Morgan fingerprint density at radius 2 is 2.00 bits per heavy atom. The van der Waals surface area contributed by atoms with E-state index in [1.807, 2.05) is 26.2 Å². The molecule has 0 bridgehead atoms. The summed E-state index contributed by atoms with van der Waals surface area (Å²) in [7, 11) is 4.03. The fourth-order valence-electron chi connectivity index (χ4n) is 1.41. The Kier molecular flexibility index (Phi) is 6.47. The van der Waals surface area contributed by atoms with Crippen molar-refractivity contribution in [1.29, 1.82) is 0 Å². The number of nitrogens with zero attached hydrogens (tertiary/aromatic N) is 1. The Morgan fingerprint density at radius 1 is 1.33 bits per heavy atom. The van der Waals surface area contributed by atoms with Gasteiger partial charge in [0, 0.05) is 17.6 Å². The lowest BCUT2D eigenvalue weighted by molar-refractivity contribution is -0.116. The van der Waals surface area contributed by atoms with E-state index in [0.29, 0.717) is 11.6 Å². The van der Waals surface area contributed by atoms with Crippen molar-refractivity contribution in [2.24, 2.45) is 0 Å². The van der Waals surface area contributed by atoms with E-state index in [-0.39, 0.29) is 5.91 Å². The van der Waals surface area contributed by atoms with Crippen LogP contribution in [-0.4, -0.2) is 38.0 Å². The molecule has 98 valence electrons. The highest BCUT2D eigenvalue weighted by molar-refractivity contribution is 6.30. The lowest BCUT2D eigenvalue weighted by atomic mass is 10.2. The molecule has 0 spiro atoms. The molecule has 1 rings (SSSR count). The molecule has 0 aliphatic rings. The van der Waals surface area contributed by atoms with Crippen molar-refractivity contribution in [3.63, 3.8) is 0 Å². The van der Waals surface area contributed by atoms with E-state index in [1.54, 1.807) is 24.3 Å². The second kappa shape index (κ2) is 7.90. The van der Waals surface area contributed by atoms with Gasteiger partial charge in [0.05, 0.1) is 0 Å². The van der Waals surface area contributed by atoms with Crippen LogP contribution in [0.4, 0.5) is 0 Å². The first-order valence-electron chi connectivity index (χ1n) is 5.94. The lowest BCUT2D eigenvalue weighted by Crippen LogP contribution is -2.25. The Morgan fingerprint density at radius 3 is 2.61 bits per heavy atom. The van der Waals surface area contributed by atoms with Crippen molar-refractivity contribution in [3.05, 3.63) is 40.9 Å². The molecule has 1 aromatic carbocycles. The summed E-state index contributed by atoms with van der Waals surface area (Å²) >= 11 is 5.78. The molecule has 0 aliphatic carbocycles. The summed E-state index contributed by atoms with van der Waals surface area (Å²) < 4.78 is 0. The third-order valence-electron chi connectivity index (χ3n) is 2.38. The quantitative estimate of drug-likeness (QED) is 0.634. The zero-order valence-electron chi connectivity index (χ0n) is 10.8. The third kappa shape index (κ3) is 6.42. The first kappa shape index (κ1) is 14.7. The fraction of sp³-hybridized carbons (Fsp3) is 0.357. The van der Waals surface area contributed by atoms with Crippen LogP contribution in [0.25, 0.3) is 6.08 Å². The summed E-state index contributed by atoms with van der Waals surface area (Å²) in [6.07, 6.45) is 4.27. The topological polar surface area (TPSA) is 32.3 Å². The van der Waals surface area contributed by atoms with Crippen molar-refractivity contribution in [2.45, 2.75) is 6.42 Å². The molecule has 1 N–H and O–H groups in total. The van der Waals surface area contributed by atoms with Gasteiger partial charge in [-0.05, 0) is 50.8 Å². The minimum absolute atomic E-state index is 0.0660. The molecule has 0 radical (unpaired) electrons. The molecule has 18 heavy (non-hydrogen) atoms. The van der Waals surface area contributed by atoms with Gasteiger partial charge in [-0.2, -0.15) is 0 Å². The first-order valence-corrected chi connectivity index (χ1v) is 6.32. The van der Waals surface area contributed by atoms with Gasteiger partial charge < -0.3 is 10.2 Å². The summed E-state index contributed by atoms with van der Waals surface area (Å²) in [5.74, 6) is -0.0660. The van der Waals surface area contributed by atoms with Crippen molar-refractivity contribution in [2.75, 3.05) is 27.2 Å². The van der Waals surface area contributed by atoms with E-state index < -0.39 is 0 Å². The summed E-state index contributed by atoms with van der Waals surface area (Å²) in [4.78, 5) is 13.6. The number of nitrogens with one attached hydrogen (secondary N) is 1. The van der Waals surface area contributed by atoms with Gasteiger partial charge >= 0.3 is 0 Å². The summed E-state index contributed by atoms with van der Waals surface area (Å²) in [5, 5.41) is 3.54. The number of carbonyl (C=O) groups excluding carboxylic acids is 1. The van der Waals surface area contributed by atoms with Gasteiger partial charge in [-0.1, -0.05) is 23.7 Å². The maximum absolute atomic E-state index is 11.5. The van der Waals surface area contributed by atoms with Crippen LogP contribution >= 0.6 is 11.6 Å². The molecule has 0 saturated heterocycles. The van der Waals surface area contributed by atoms with Crippen LogP contribution in [0.3, 0.4) is 0 Å². The minimum Gasteiger partial charge on any atom is -0.353 e. The summed E-state index contributed by atoms with van der Waals surface area (Å²) in [5.41, 5.74) is 0.961. The molecular weight excluding hydrogens is 248 g/mol. The molecule has 3 nitrogen and oxygen atoms in total. The highest BCUT2D eigenvalue weighted by Crippen LogP contribution is 2.10.